The number of hydrogen-bond acceptors (Lipinski definition) is 32. The van der Waals surface area contributed by atoms with Crippen LogP contribution in [0.15, 0.2) is 11.6 Å². The number of esters is 1. The van der Waals surface area contributed by atoms with Gasteiger partial charge in [-0.25, -0.2) is 0 Å². The molecule has 0 radical (unpaired) electrons. The van der Waals surface area contributed by atoms with Crippen molar-refractivity contribution in [1.29, 1.82) is 0 Å². The minimum absolute atomic E-state index is 0.127. The second-order valence-electron chi connectivity index (χ2n) is 31.1. The molecule has 6 aliphatic heterocycles. The Morgan fingerprint density at radius 2 is 1.08 bits per heavy atom. The van der Waals surface area contributed by atoms with Gasteiger partial charge in [0.1, 0.15) is 115 Å². The summed E-state index contributed by atoms with van der Waals surface area (Å²) in [7, 11) is 0. The van der Waals surface area contributed by atoms with E-state index in [0.717, 1.165) is 5.57 Å². The third-order valence-corrected chi connectivity index (χ3v) is 25.0. The number of aliphatic hydroxyl groups excluding tert-OH is 18. The van der Waals surface area contributed by atoms with E-state index in [1.165, 1.54) is 6.92 Å². The van der Waals surface area contributed by atoms with Gasteiger partial charge in [-0.05, 0) is 104 Å². The molecule has 11 rings (SSSR count). The average Bonchev–Trinajstić information content (AvgIpc) is 0.707. The SMILES string of the molecule is CC1OC(OC2C(OC(=O)C34CCC(C)(C)CC3C3=CCC5C6(C)CC(O)C(OC7OC(CO)C(O)C(O)C7OC7OC(CO)C(O)C(O)C7O)C(C)(CO)C6CCC5(C)C3(C)CC4)OC(CO)C(O)C2OC2OCC(O)(CO)C2O)C(O)C(O)C1OC1OCC(O)C(O)C1O. The zero-order chi connectivity index (χ0) is 70.1. The first-order valence-electron chi connectivity index (χ1n) is 33.7. The van der Waals surface area contributed by atoms with Crippen LogP contribution in [0.3, 0.4) is 0 Å². The standard InChI is InChI=1S/C64H104O32/c1-25-45(91-51-42(79)35(72)29(71)21-85-51)41(78)44(81)52(87-25)94-48-46(92-56-49(82)64(84,23-69)24-86-56)38(75)32(20-67)90-55(48)96-57(83)63-14-12-58(2,3)16-27(63)26-8-9-34-59(4)17-28(70)50(60(5,22-68)33(59)10-11-62(34,7)61(26,6)13-15-63)95-54-47(40(77)37(74)31(19-66)89-54)93-53-43(80)39(76)36(73)30(18-65)88-53/h8,25,27-56,65-82,84H,9-24H2,1-7H3. The number of aliphatic hydroxyl groups is 19. The average molecular weight is 1390 g/mol. The molecule has 0 aromatic heterocycles. The third-order valence-electron chi connectivity index (χ3n) is 25.0. The van der Waals surface area contributed by atoms with Gasteiger partial charge in [-0.3, -0.25) is 4.79 Å². The van der Waals surface area contributed by atoms with Gasteiger partial charge in [-0.15, -0.1) is 0 Å². The molecule has 5 aliphatic carbocycles. The van der Waals surface area contributed by atoms with Crippen molar-refractivity contribution in [3.63, 3.8) is 0 Å². The van der Waals surface area contributed by atoms with E-state index >= 15 is 4.79 Å². The molecule has 37 atom stereocenters. The van der Waals surface area contributed by atoms with Crippen molar-refractivity contribution in [1.82, 2.24) is 0 Å². The van der Waals surface area contributed by atoms with Crippen molar-refractivity contribution in [2.75, 3.05) is 46.2 Å². The molecule has 96 heavy (non-hydrogen) atoms. The fourth-order valence-electron chi connectivity index (χ4n) is 19.0. The molecule has 19 N–H and O–H groups in total. The Kier molecular flexibility index (Phi) is 21.8. The van der Waals surface area contributed by atoms with E-state index in [9.17, 15) is 97.0 Å². The maximum absolute atomic E-state index is 16.0. The molecule has 32 nitrogen and oxygen atoms in total. The van der Waals surface area contributed by atoms with E-state index in [2.05, 4.69) is 40.7 Å². The van der Waals surface area contributed by atoms with Crippen LogP contribution in [-0.2, 0) is 61.6 Å². The summed E-state index contributed by atoms with van der Waals surface area (Å²) in [5.74, 6) is -1.76. The van der Waals surface area contributed by atoms with E-state index in [4.69, 9.17) is 56.8 Å². The molecule has 0 aromatic rings. The molecule has 10 fully saturated rings. The van der Waals surface area contributed by atoms with Crippen LogP contribution in [0.4, 0.5) is 0 Å². The van der Waals surface area contributed by atoms with E-state index in [1.807, 2.05) is 0 Å². The summed E-state index contributed by atoms with van der Waals surface area (Å²) in [6, 6.07) is 0. The zero-order valence-electron chi connectivity index (χ0n) is 55.1. The topological polar surface area (TPSA) is 512 Å². The molecule has 4 saturated carbocycles. The third kappa shape index (κ3) is 12.5. The molecule has 6 heterocycles. The van der Waals surface area contributed by atoms with Gasteiger partial charge in [0.15, 0.2) is 37.6 Å². The van der Waals surface area contributed by atoms with Crippen molar-refractivity contribution in [3.05, 3.63) is 11.6 Å². The van der Waals surface area contributed by atoms with Crippen molar-refractivity contribution in [2.24, 2.45) is 50.2 Å². The molecular formula is C64H104O32. The molecular weight excluding hydrogens is 1280 g/mol. The first-order chi connectivity index (χ1) is 45.1. The summed E-state index contributed by atoms with van der Waals surface area (Å²) in [5, 5.41) is 209. The lowest BCUT2D eigenvalue weighted by Crippen LogP contribution is -2.70. The predicted molar refractivity (Wildman–Crippen MR) is 317 cm³/mol. The predicted octanol–water partition coefficient (Wildman–Crippen LogP) is -6.14. The minimum atomic E-state index is -2.24. The lowest BCUT2D eigenvalue weighted by atomic mass is 9.33. The molecule has 32 heteroatoms. The van der Waals surface area contributed by atoms with Gasteiger partial charge in [-0.2, -0.15) is 0 Å². The van der Waals surface area contributed by atoms with Crippen LogP contribution in [0.5, 0.6) is 0 Å². The summed E-state index contributed by atoms with van der Waals surface area (Å²) in [5.41, 5.74) is -5.95. The Morgan fingerprint density at radius 3 is 1.73 bits per heavy atom. The zero-order valence-corrected chi connectivity index (χ0v) is 55.1. The molecule has 0 bridgehead atoms. The van der Waals surface area contributed by atoms with Crippen molar-refractivity contribution in [3.8, 4) is 0 Å². The molecule has 37 unspecified atom stereocenters. The smallest absolute Gasteiger partial charge is 0.315 e. The highest BCUT2D eigenvalue weighted by atomic mass is 16.8. The molecule has 0 amide bonds. The summed E-state index contributed by atoms with van der Waals surface area (Å²) in [6.07, 6.45) is -41.9. The highest BCUT2D eigenvalue weighted by Gasteiger charge is 2.72. The van der Waals surface area contributed by atoms with Crippen LogP contribution in [0.2, 0.25) is 0 Å². The van der Waals surface area contributed by atoms with Gasteiger partial charge in [-0.1, -0.05) is 53.2 Å². The van der Waals surface area contributed by atoms with Crippen LogP contribution >= 0.6 is 0 Å². The van der Waals surface area contributed by atoms with Crippen LogP contribution < -0.4 is 0 Å². The summed E-state index contributed by atoms with van der Waals surface area (Å²) in [4.78, 5) is 16.0. The molecule has 11 aliphatic rings. The van der Waals surface area contributed by atoms with Crippen LogP contribution in [0, 0.1) is 50.2 Å². The van der Waals surface area contributed by atoms with Crippen LogP contribution in [0.25, 0.3) is 0 Å². The number of allylic oxidation sites excluding steroid dienone is 2. The van der Waals surface area contributed by atoms with Gasteiger partial charge in [0, 0.05) is 5.41 Å². The van der Waals surface area contributed by atoms with E-state index in [-0.39, 0.29) is 30.1 Å². The van der Waals surface area contributed by atoms with Crippen molar-refractivity contribution < 1.29 is 159 Å². The van der Waals surface area contributed by atoms with Crippen molar-refractivity contribution >= 4 is 5.97 Å². The Balaban J connectivity index is 0.873. The number of ether oxygens (including phenoxy) is 12. The minimum Gasteiger partial charge on any atom is -0.432 e. The fourth-order valence-corrected chi connectivity index (χ4v) is 19.0. The van der Waals surface area contributed by atoms with Gasteiger partial charge in [0.05, 0.1) is 70.0 Å². The Hall–Kier alpha value is -1.99. The Morgan fingerprint density at radius 1 is 0.521 bits per heavy atom. The summed E-state index contributed by atoms with van der Waals surface area (Å²) >= 11 is 0. The van der Waals surface area contributed by atoms with Gasteiger partial charge in [0.2, 0.25) is 6.29 Å². The molecule has 0 spiro atoms. The maximum Gasteiger partial charge on any atom is 0.315 e. The lowest BCUT2D eigenvalue weighted by molar-refractivity contribution is -0.384. The largest absolute Gasteiger partial charge is 0.432 e. The first-order valence-corrected chi connectivity index (χ1v) is 33.7. The first kappa shape index (κ1) is 75.2. The quantitative estimate of drug-likeness (QED) is 0.0366. The summed E-state index contributed by atoms with van der Waals surface area (Å²) < 4.78 is 72.6. The van der Waals surface area contributed by atoms with E-state index < -0.39 is 263 Å². The summed E-state index contributed by atoms with van der Waals surface area (Å²) in [6.45, 7) is 8.95. The van der Waals surface area contributed by atoms with Gasteiger partial charge >= 0.3 is 5.97 Å². The second kappa shape index (κ2) is 27.9. The normalized spacial score (nSPS) is 55.0. The van der Waals surface area contributed by atoms with Gasteiger partial charge in [0.25, 0.3) is 0 Å². The highest BCUT2D eigenvalue weighted by molar-refractivity contribution is 5.79. The number of fused-ring (bicyclic) bond motifs is 7. The fraction of sp³-hybridized carbons (Fsp3) is 0.953. The Bertz CT molecular complexity index is 2720. The second-order valence-corrected chi connectivity index (χ2v) is 31.1. The Labute approximate surface area is 555 Å². The number of hydrogen-bond donors (Lipinski definition) is 19. The van der Waals surface area contributed by atoms with Crippen LogP contribution in [0.1, 0.15) is 106 Å². The van der Waals surface area contributed by atoms with Crippen LogP contribution in [-0.4, -0.2) is 327 Å². The maximum atomic E-state index is 16.0. The highest BCUT2D eigenvalue weighted by Crippen LogP contribution is 2.76. The number of rotatable bonds is 17. The number of carbonyl (C=O) groups excluding carboxylic acids is 1. The van der Waals surface area contributed by atoms with E-state index in [1.54, 1.807) is 6.92 Å². The van der Waals surface area contributed by atoms with Gasteiger partial charge < -0.3 is 154 Å². The number of carbonyl (C=O) groups is 1. The lowest BCUT2D eigenvalue weighted by Gasteiger charge is -2.72. The molecule has 0 aromatic carbocycles. The molecule has 6 saturated heterocycles. The monoisotopic (exact) mass is 1380 g/mol. The van der Waals surface area contributed by atoms with E-state index in [0.29, 0.717) is 44.9 Å². The van der Waals surface area contributed by atoms with Crippen molar-refractivity contribution in [2.45, 2.75) is 284 Å². The molecule has 552 valence electrons.